The predicted molar refractivity (Wildman–Crippen MR) is 74.7 cm³/mol. The fourth-order valence-corrected chi connectivity index (χ4v) is 3.41. The summed E-state index contributed by atoms with van der Waals surface area (Å²) < 4.78 is 24.8. The van der Waals surface area contributed by atoms with Crippen molar-refractivity contribution < 1.29 is 13.3 Å². The SMILES string of the molecule is CC(C)(CNCc1csc([N+](=O)[O-])c1)NS(C)(=O)=O. The van der Waals surface area contributed by atoms with Crippen LogP contribution in [-0.4, -0.2) is 31.7 Å². The highest BCUT2D eigenvalue weighted by atomic mass is 32.2. The summed E-state index contributed by atoms with van der Waals surface area (Å²) in [5, 5.41) is 15.4. The van der Waals surface area contributed by atoms with Gasteiger partial charge in [0.05, 0.1) is 11.2 Å². The number of nitro groups is 1. The molecule has 7 nitrogen and oxygen atoms in total. The van der Waals surface area contributed by atoms with Gasteiger partial charge in [0.2, 0.25) is 10.0 Å². The first-order valence-electron chi connectivity index (χ1n) is 5.50. The molecule has 9 heteroatoms. The zero-order chi connectivity index (χ0) is 14.7. The minimum atomic E-state index is -3.26. The van der Waals surface area contributed by atoms with E-state index in [0.29, 0.717) is 13.1 Å². The van der Waals surface area contributed by atoms with E-state index in [1.54, 1.807) is 19.2 Å². The molecule has 0 unspecified atom stereocenters. The summed E-state index contributed by atoms with van der Waals surface area (Å²) in [6, 6.07) is 1.51. The van der Waals surface area contributed by atoms with E-state index >= 15 is 0 Å². The number of hydrogen-bond donors (Lipinski definition) is 2. The average Bonchev–Trinajstić information content (AvgIpc) is 2.61. The quantitative estimate of drug-likeness (QED) is 0.579. The Bertz CT molecular complexity index is 551. The molecule has 0 aliphatic carbocycles. The molecule has 0 fully saturated rings. The molecule has 1 heterocycles. The lowest BCUT2D eigenvalue weighted by molar-refractivity contribution is -0.380. The third-order valence-electron chi connectivity index (χ3n) is 2.18. The Morgan fingerprint density at radius 1 is 1.47 bits per heavy atom. The summed E-state index contributed by atoms with van der Waals surface area (Å²) in [6.45, 7) is 4.40. The molecular weight excluding hydrogens is 290 g/mol. The molecule has 108 valence electrons. The van der Waals surface area contributed by atoms with Crippen LogP contribution in [0.25, 0.3) is 0 Å². The molecule has 19 heavy (non-hydrogen) atoms. The van der Waals surface area contributed by atoms with Gasteiger partial charge < -0.3 is 5.32 Å². The molecule has 1 aromatic rings. The summed E-state index contributed by atoms with van der Waals surface area (Å²) >= 11 is 1.08. The maximum Gasteiger partial charge on any atom is 0.324 e. The van der Waals surface area contributed by atoms with Crippen LogP contribution < -0.4 is 10.0 Å². The summed E-state index contributed by atoms with van der Waals surface area (Å²) in [7, 11) is -3.26. The molecule has 2 N–H and O–H groups in total. The molecule has 0 aliphatic rings. The third kappa shape index (κ3) is 6.10. The second-order valence-electron chi connectivity index (χ2n) is 4.91. The molecule has 0 aliphatic heterocycles. The summed E-state index contributed by atoms with van der Waals surface area (Å²) in [6.07, 6.45) is 1.11. The first-order valence-corrected chi connectivity index (χ1v) is 8.28. The van der Waals surface area contributed by atoms with E-state index < -0.39 is 20.5 Å². The van der Waals surface area contributed by atoms with Crippen molar-refractivity contribution in [2.75, 3.05) is 12.8 Å². The number of thiophene rings is 1. The van der Waals surface area contributed by atoms with Gasteiger partial charge in [-0.3, -0.25) is 10.1 Å². The predicted octanol–water partition coefficient (Wildman–Crippen LogP) is 1.07. The van der Waals surface area contributed by atoms with Gasteiger partial charge >= 0.3 is 5.00 Å². The summed E-state index contributed by atoms with van der Waals surface area (Å²) in [5.41, 5.74) is 0.196. The molecule has 0 bridgehead atoms. The van der Waals surface area contributed by atoms with Crippen molar-refractivity contribution >= 4 is 26.4 Å². The Morgan fingerprint density at radius 2 is 2.11 bits per heavy atom. The van der Waals surface area contributed by atoms with Crippen molar-refractivity contribution in [3.05, 3.63) is 27.1 Å². The maximum atomic E-state index is 11.1. The molecule has 0 aromatic carbocycles. The van der Waals surface area contributed by atoms with Gasteiger partial charge in [-0.2, -0.15) is 0 Å². The van der Waals surface area contributed by atoms with Crippen molar-refractivity contribution in [1.29, 1.82) is 0 Å². The average molecular weight is 307 g/mol. The number of hydrogen-bond acceptors (Lipinski definition) is 6. The highest BCUT2D eigenvalue weighted by molar-refractivity contribution is 7.88. The molecule has 0 saturated carbocycles. The Morgan fingerprint density at radius 3 is 2.58 bits per heavy atom. The molecule has 0 spiro atoms. The molecule has 0 radical (unpaired) electrons. The molecule has 0 saturated heterocycles. The van der Waals surface area contributed by atoms with E-state index in [1.807, 2.05) is 0 Å². The molecule has 0 atom stereocenters. The van der Waals surface area contributed by atoms with Crippen LogP contribution in [-0.2, 0) is 16.6 Å². The smallest absolute Gasteiger partial charge is 0.311 e. The lowest BCUT2D eigenvalue weighted by atomic mass is 10.1. The lowest BCUT2D eigenvalue weighted by Gasteiger charge is -2.25. The zero-order valence-corrected chi connectivity index (χ0v) is 12.6. The standard InChI is InChI=1S/C10H17N3O4S2/c1-10(2,12-19(3,16)17)7-11-5-8-4-9(13(14)15)18-6-8/h4,6,11-12H,5,7H2,1-3H3. The van der Waals surface area contributed by atoms with Crippen LogP contribution in [0.4, 0.5) is 5.00 Å². The van der Waals surface area contributed by atoms with Gasteiger partial charge in [0.1, 0.15) is 0 Å². The lowest BCUT2D eigenvalue weighted by Crippen LogP contribution is -2.49. The van der Waals surface area contributed by atoms with Gasteiger partial charge in [0.25, 0.3) is 0 Å². The van der Waals surface area contributed by atoms with Crippen LogP contribution in [0.3, 0.4) is 0 Å². The molecule has 0 amide bonds. The van der Waals surface area contributed by atoms with Gasteiger partial charge in [0, 0.05) is 30.1 Å². The first kappa shape index (κ1) is 16.0. The van der Waals surface area contributed by atoms with Gasteiger partial charge in [-0.1, -0.05) is 11.3 Å². The number of nitrogens with one attached hydrogen (secondary N) is 2. The topological polar surface area (TPSA) is 101 Å². The van der Waals surface area contributed by atoms with Crippen molar-refractivity contribution in [1.82, 2.24) is 10.0 Å². The normalized spacial score (nSPS) is 12.6. The van der Waals surface area contributed by atoms with Crippen LogP contribution >= 0.6 is 11.3 Å². The third-order valence-corrected chi connectivity index (χ3v) is 4.03. The number of nitrogens with zero attached hydrogens (tertiary/aromatic N) is 1. The fourth-order valence-electron chi connectivity index (χ4n) is 1.61. The highest BCUT2D eigenvalue weighted by Gasteiger charge is 2.21. The maximum absolute atomic E-state index is 11.1. The van der Waals surface area contributed by atoms with Crippen LogP contribution in [0, 0.1) is 10.1 Å². The van der Waals surface area contributed by atoms with Crippen molar-refractivity contribution in [3.63, 3.8) is 0 Å². The minimum Gasteiger partial charge on any atom is -0.311 e. The van der Waals surface area contributed by atoms with Gasteiger partial charge in [-0.15, -0.1) is 0 Å². The summed E-state index contributed by atoms with van der Waals surface area (Å²) in [4.78, 5) is 10.1. The van der Waals surface area contributed by atoms with Crippen LogP contribution in [0.2, 0.25) is 0 Å². The Hall–Kier alpha value is -1.03. The molecular formula is C10H17N3O4S2. The second kappa shape index (κ2) is 5.95. The van der Waals surface area contributed by atoms with E-state index in [2.05, 4.69) is 10.0 Å². The Balaban J connectivity index is 2.47. The van der Waals surface area contributed by atoms with Crippen LogP contribution in [0.15, 0.2) is 11.4 Å². The summed E-state index contributed by atoms with van der Waals surface area (Å²) in [5.74, 6) is 0. The largest absolute Gasteiger partial charge is 0.324 e. The minimum absolute atomic E-state index is 0.102. The Labute approximate surface area is 116 Å². The van der Waals surface area contributed by atoms with Crippen LogP contribution in [0.5, 0.6) is 0 Å². The number of sulfonamides is 1. The zero-order valence-electron chi connectivity index (χ0n) is 11.0. The van der Waals surface area contributed by atoms with Gasteiger partial charge in [-0.25, -0.2) is 13.1 Å². The highest BCUT2D eigenvalue weighted by Crippen LogP contribution is 2.22. The van der Waals surface area contributed by atoms with E-state index in [1.165, 1.54) is 6.07 Å². The fraction of sp³-hybridized carbons (Fsp3) is 0.600. The first-order chi connectivity index (χ1) is 8.59. The molecule has 1 aromatic heterocycles. The second-order valence-corrected chi connectivity index (χ2v) is 7.55. The van der Waals surface area contributed by atoms with Gasteiger partial charge in [-0.05, 0) is 19.4 Å². The monoisotopic (exact) mass is 307 g/mol. The van der Waals surface area contributed by atoms with E-state index in [0.717, 1.165) is 23.2 Å². The van der Waals surface area contributed by atoms with E-state index in [4.69, 9.17) is 0 Å². The van der Waals surface area contributed by atoms with Gasteiger partial charge in [0.15, 0.2) is 0 Å². The van der Waals surface area contributed by atoms with E-state index in [9.17, 15) is 18.5 Å². The van der Waals surface area contributed by atoms with Crippen LogP contribution in [0.1, 0.15) is 19.4 Å². The van der Waals surface area contributed by atoms with Crippen molar-refractivity contribution in [2.45, 2.75) is 25.9 Å². The van der Waals surface area contributed by atoms with Crippen molar-refractivity contribution in [2.24, 2.45) is 0 Å². The number of rotatable bonds is 7. The van der Waals surface area contributed by atoms with E-state index in [-0.39, 0.29) is 5.00 Å². The van der Waals surface area contributed by atoms with Crippen molar-refractivity contribution in [3.8, 4) is 0 Å². The Kier molecular flexibility index (Phi) is 5.02. The molecule has 1 rings (SSSR count).